The number of hydrogen-bond acceptors (Lipinski definition) is 4. The van der Waals surface area contributed by atoms with Crippen LogP contribution in [-0.4, -0.2) is 50.9 Å². The van der Waals surface area contributed by atoms with Crippen LogP contribution in [0.15, 0.2) is 29.2 Å². The van der Waals surface area contributed by atoms with Crippen molar-refractivity contribution < 1.29 is 13.2 Å². The quantitative estimate of drug-likeness (QED) is 0.831. The first-order valence-corrected chi connectivity index (χ1v) is 10.5. The molecule has 2 saturated heterocycles. The third-order valence-electron chi connectivity index (χ3n) is 4.90. The number of nitrogens with zero attached hydrogens (tertiary/aromatic N) is 1. The molecular weight excluding hydrogens is 338 g/mol. The third-order valence-corrected chi connectivity index (χ3v) is 6.34. The zero-order chi connectivity index (χ0) is 18.0. The molecule has 2 N–H and O–H groups in total. The second kappa shape index (κ2) is 7.43. The lowest BCUT2D eigenvalue weighted by atomic mass is 10.1. The van der Waals surface area contributed by atoms with Crippen LogP contribution in [0.25, 0.3) is 0 Å². The normalized spacial score (nSPS) is 23.7. The number of carbonyl (C=O) groups excluding carboxylic acids is 1. The Morgan fingerprint density at radius 3 is 2.56 bits per heavy atom. The average Bonchev–Trinajstić information content (AvgIpc) is 2.91. The highest BCUT2D eigenvalue weighted by Gasteiger charge is 2.31. The van der Waals surface area contributed by atoms with Gasteiger partial charge in [0.2, 0.25) is 10.0 Å². The first kappa shape index (κ1) is 18.4. The van der Waals surface area contributed by atoms with E-state index in [9.17, 15) is 13.2 Å². The molecule has 2 fully saturated rings. The maximum absolute atomic E-state index is 12.7. The fourth-order valence-corrected chi connectivity index (χ4v) is 4.66. The fourth-order valence-electron chi connectivity index (χ4n) is 3.45. The number of hydrogen-bond donors (Lipinski definition) is 2. The number of sulfonamides is 1. The van der Waals surface area contributed by atoms with E-state index >= 15 is 0 Å². The van der Waals surface area contributed by atoms with Gasteiger partial charge in [-0.3, -0.25) is 4.79 Å². The maximum Gasteiger partial charge on any atom is 0.253 e. The molecule has 0 radical (unpaired) electrons. The summed E-state index contributed by atoms with van der Waals surface area (Å²) < 4.78 is 27.1. The summed E-state index contributed by atoms with van der Waals surface area (Å²) in [6.07, 6.45) is 3.30. The molecule has 2 bridgehead atoms. The largest absolute Gasteiger partial charge is 0.337 e. The minimum absolute atomic E-state index is 0.0200. The molecule has 2 aliphatic heterocycles. The van der Waals surface area contributed by atoms with E-state index in [4.69, 9.17) is 0 Å². The number of carbonyl (C=O) groups is 1. The molecule has 0 saturated carbocycles. The van der Waals surface area contributed by atoms with Crippen molar-refractivity contribution in [1.82, 2.24) is 14.9 Å². The molecule has 2 unspecified atom stereocenters. The van der Waals surface area contributed by atoms with E-state index in [-0.39, 0.29) is 16.7 Å². The first-order chi connectivity index (χ1) is 11.8. The van der Waals surface area contributed by atoms with E-state index in [1.54, 1.807) is 12.1 Å². The van der Waals surface area contributed by atoms with Crippen molar-refractivity contribution in [2.45, 2.75) is 50.1 Å². The summed E-state index contributed by atoms with van der Waals surface area (Å²) >= 11 is 0. The molecule has 138 valence electrons. The molecule has 2 heterocycles. The van der Waals surface area contributed by atoms with Crippen LogP contribution in [0, 0.1) is 5.92 Å². The average molecular weight is 365 g/mol. The van der Waals surface area contributed by atoms with Crippen LogP contribution in [0.2, 0.25) is 0 Å². The summed E-state index contributed by atoms with van der Waals surface area (Å²) in [6, 6.07) is 7.17. The van der Waals surface area contributed by atoms with Crippen LogP contribution in [0.4, 0.5) is 0 Å². The molecule has 7 heteroatoms. The van der Waals surface area contributed by atoms with Crippen LogP contribution in [0.3, 0.4) is 0 Å². The molecule has 1 aromatic carbocycles. The number of amides is 1. The summed E-state index contributed by atoms with van der Waals surface area (Å²) in [5.41, 5.74) is 0.542. The third kappa shape index (κ3) is 4.40. The van der Waals surface area contributed by atoms with Gasteiger partial charge in [0.1, 0.15) is 0 Å². The topological polar surface area (TPSA) is 78.5 Å². The van der Waals surface area contributed by atoms with Gasteiger partial charge in [-0.15, -0.1) is 0 Å². The van der Waals surface area contributed by atoms with Crippen molar-refractivity contribution in [2.24, 2.45) is 5.92 Å². The summed E-state index contributed by atoms with van der Waals surface area (Å²) in [4.78, 5) is 14.8. The van der Waals surface area contributed by atoms with Gasteiger partial charge < -0.3 is 10.2 Å². The Kier molecular flexibility index (Phi) is 5.46. The highest BCUT2D eigenvalue weighted by molar-refractivity contribution is 7.89. The number of fused-ring (bicyclic) bond motifs is 2. The smallest absolute Gasteiger partial charge is 0.253 e. The monoisotopic (exact) mass is 365 g/mol. The summed E-state index contributed by atoms with van der Waals surface area (Å²) in [7, 11) is -3.52. The van der Waals surface area contributed by atoms with E-state index < -0.39 is 10.0 Å². The number of likely N-dealkylation sites (tertiary alicyclic amines) is 1. The van der Waals surface area contributed by atoms with Gasteiger partial charge in [0.05, 0.1) is 4.90 Å². The van der Waals surface area contributed by atoms with E-state index in [0.29, 0.717) is 24.2 Å². The van der Waals surface area contributed by atoms with Gasteiger partial charge in [0.25, 0.3) is 5.91 Å². The fraction of sp³-hybridized carbons (Fsp3) is 0.611. The van der Waals surface area contributed by atoms with Crippen molar-refractivity contribution in [2.75, 3.05) is 19.6 Å². The summed E-state index contributed by atoms with van der Waals surface area (Å²) in [6.45, 7) is 5.78. The van der Waals surface area contributed by atoms with Gasteiger partial charge in [-0.05, 0) is 49.4 Å². The summed E-state index contributed by atoms with van der Waals surface area (Å²) in [5.74, 6) is 0.219. The van der Waals surface area contributed by atoms with E-state index in [0.717, 1.165) is 25.9 Å². The van der Waals surface area contributed by atoms with Crippen LogP contribution in [-0.2, 0) is 10.0 Å². The second-order valence-electron chi connectivity index (χ2n) is 7.45. The van der Waals surface area contributed by atoms with Crippen LogP contribution >= 0.6 is 0 Å². The Balaban J connectivity index is 1.68. The van der Waals surface area contributed by atoms with Crippen molar-refractivity contribution in [3.05, 3.63) is 29.8 Å². The van der Waals surface area contributed by atoms with Gasteiger partial charge in [-0.2, -0.15) is 0 Å². The molecule has 1 amide bonds. The SMILES string of the molecule is CC(C)CNS(=O)(=O)c1ccc(C(=O)N2CCC3CCC(C2)N3)cc1. The predicted octanol–water partition coefficient (Wildman–Crippen LogP) is 1.59. The highest BCUT2D eigenvalue weighted by atomic mass is 32.2. The highest BCUT2D eigenvalue weighted by Crippen LogP contribution is 2.22. The molecular formula is C18H27N3O3S. The Hall–Kier alpha value is -1.44. The zero-order valence-electron chi connectivity index (χ0n) is 14.9. The van der Waals surface area contributed by atoms with Crippen molar-refractivity contribution in [3.8, 4) is 0 Å². The number of nitrogens with one attached hydrogen (secondary N) is 2. The van der Waals surface area contributed by atoms with Crippen LogP contribution in [0.5, 0.6) is 0 Å². The Bertz CT molecular complexity index is 716. The lowest BCUT2D eigenvalue weighted by Crippen LogP contribution is -2.39. The molecule has 0 spiro atoms. The minimum Gasteiger partial charge on any atom is -0.337 e. The van der Waals surface area contributed by atoms with Crippen molar-refractivity contribution in [3.63, 3.8) is 0 Å². The Morgan fingerprint density at radius 2 is 1.88 bits per heavy atom. The predicted molar refractivity (Wildman–Crippen MR) is 96.9 cm³/mol. The maximum atomic E-state index is 12.7. The summed E-state index contributed by atoms with van der Waals surface area (Å²) in [5, 5.41) is 3.56. The van der Waals surface area contributed by atoms with Gasteiger partial charge in [-0.1, -0.05) is 13.8 Å². The van der Waals surface area contributed by atoms with Crippen molar-refractivity contribution in [1.29, 1.82) is 0 Å². The van der Waals surface area contributed by atoms with Crippen LogP contribution < -0.4 is 10.0 Å². The van der Waals surface area contributed by atoms with Crippen molar-refractivity contribution >= 4 is 15.9 Å². The lowest BCUT2D eigenvalue weighted by Gasteiger charge is -2.24. The molecule has 0 aliphatic carbocycles. The zero-order valence-corrected chi connectivity index (χ0v) is 15.7. The molecule has 2 atom stereocenters. The van der Waals surface area contributed by atoms with Crippen LogP contribution in [0.1, 0.15) is 43.5 Å². The van der Waals surface area contributed by atoms with Gasteiger partial charge in [0.15, 0.2) is 0 Å². The van der Waals surface area contributed by atoms with Gasteiger partial charge >= 0.3 is 0 Å². The lowest BCUT2D eigenvalue weighted by molar-refractivity contribution is 0.0748. The van der Waals surface area contributed by atoms with E-state index in [1.165, 1.54) is 18.6 Å². The minimum atomic E-state index is -3.52. The Labute approximate surface area is 150 Å². The van der Waals surface area contributed by atoms with Gasteiger partial charge in [-0.25, -0.2) is 13.1 Å². The molecule has 0 aromatic heterocycles. The first-order valence-electron chi connectivity index (χ1n) is 9.00. The van der Waals surface area contributed by atoms with E-state index in [2.05, 4.69) is 10.0 Å². The second-order valence-corrected chi connectivity index (χ2v) is 9.21. The molecule has 3 rings (SSSR count). The molecule has 25 heavy (non-hydrogen) atoms. The number of rotatable bonds is 5. The Morgan fingerprint density at radius 1 is 1.20 bits per heavy atom. The standard InChI is InChI=1S/C18H27N3O3S/c1-13(2)11-19-25(23,24)17-7-3-14(4-8-17)18(22)21-10-9-15-5-6-16(12-21)20-15/h3-4,7-8,13,15-16,19-20H,5-6,9-12H2,1-2H3. The van der Waals surface area contributed by atoms with Gasteiger partial charge in [0, 0.05) is 37.3 Å². The molecule has 2 aliphatic rings. The molecule has 6 nitrogen and oxygen atoms in total. The number of benzene rings is 1. The van der Waals surface area contributed by atoms with E-state index in [1.807, 2.05) is 18.7 Å². The molecule has 1 aromatic rings.